The molecule has 6 nitrogen and oxygen atoms in total. The molecule has 1 fully saturated rings. The van der Waals surface area contributed by atoms with Crippen LogP contribution in [0.15, 0.2) is 42.6 Å². The van der Waals surface area contributed by atoms with Crippen LogP contribution in [0.1, 0.15) is 12.8 Å². The minimum Gasteiger partial charge on any atom is -0.506 e. The number of carbonyl (C=O) groups is 1. The van der Waals surface area contributed by atoms with Gasteiger partial charge in [0.2, 0.25) is 0 Å². The maximum Gasteiger partial charge on any atom is 0.320 e. The second-order valence-electron chi connectivity index (χ2n) is 5.76. The summed E-state index contributed by atoms with van der Waals surface area (Å²) in [4.78, 5) is 18.3. The summed E-state index contributed by atoms with van der Waals surface area (Å²) in [5.41, 5.74) is 1.10. The summed E-state index contributed by atoms with van der Waals surface area (Å²) in [5, 5.41) is 15.6. The van der Waals surface area contributed by atoms with E-state index in [9.17, 15) is 9.90 Å². The van der Waals surface area contributed by atoms with Gasteiger partial charge in [-0.1, -0.05) is 11.6 Å². The number of nitrogens with zero attached hydrogens (tertiary/aromatic N) is 2. The lowest BCUT2D eigenvalue weighted by Crippen LogP contribution is -2.49. The third kappa shape index (κ3) is 4.29. The van der Waals surface area contributed by atoms with Crippen molar-refractivity contribution in [2.75, 3.05) is 23.3 Å². The first kappa shape index (κ1) is 16.4. The van der Waals surface area contributed by atoms with Gasteiger partial charge in [0.05, 0.1) is 6.20 Å². The van der Waals surface area contributed by atoms with Crippen molar-refractivity contribution in [2.45, 2.75) is 18.9 Å². The Labute approximate surface area is 145 Å². The number of nitrogens with one attached hydrogen (secondary N) is 2. The number of aromatic nitrogens is 1. The van der Waals surface area contributed by atoms with Gasteiger partial charge in [0.25, 0.3) is 0 Å². The van der Waals surface area contributed by atoms with Gasteiger partial charge >= 0.3 is 6.03 Å². The Hall–Kier alpha value is -2.47. The molecule has 24 heavy (non-hydrogen) atoms. The van der Waals surface area contributed by atoms with Gasteiger partial charge in [-0.2, -0.15) is 0 Å². The zero-order chi connectivity index (χ0) is 16.9. The molecule has 0 bridgehead atoms. The number of piperidine rings is 1. The monoisotopic (exact) mass is 346 g/mol. The van der Waals surface area contributed by atoms with Gasteiger partial charge in [-0.05, 0) is 49.2 Å². The van der Waals surface area contributed by atoms with E-state index in [1.54, 1.807) is 6.07 Å². The minimum atomic E-state index is -0.295. The largest absolute Gasteiger partial charge is 0.506 e. The number of anilines is 2. The van der Waals surface area contributed by atoms with Gasteiger partial charge in [-0.15, -0.1) is 0 Å². The van der Waals surface area contributed by atoms with Crippen molar-refractivity contribution < 1.29 is 9.90 Å². The summed E-state index contributed by atoms with van der Waals surface area (Å²) in [6.07, 6.45) is 3.23. The molecule has 0 radical (unpaired) electrons. The van der Waals surface area contributed by atoms with Crippen LogP contribution in [-0.2, 0) is 0 Å². The van der Waals surface area contributed by atoms with E-state index in [1.807, 2.05) is 24.3 Å². The van der Waals surface area contributed by atoms with E-state index < -0.39 is 0 Å². The second-order valence-corrected chi connectivity index (χ2v) is 6.20. The van der Waals surface area contributed by atoms with Gasteiger partial charge in [0.15, 0.2) is 0 Å². The highest BCUT2D eigenvalue weighted by molar-refractivity contribution is 6.30. The van der Waals surface area contributed by atoms with Crippen LogP contribution in [0.3, 0.4) is 0 Å². The summed E-state index contributed by atoms with van der Waals surface area (Å²) < 4.78 is 0. The molecule has 3 N–H and O–H groups in total. The Morgan fingerprint density at radius 3 is 2.75 bits per heavy atom. The molecule has 1 aromatic heterocycles. The topological polar surface area (TPSA) is 77.5 Å². The van der Waals surface area contributed by atoms with Crippen molar-refractivity contribution in [2.24, 2.45) is 0 Å². The fourth-order valence-electron chi connectivity index (χ4n) is 2.78. The Balaban J connectivity index is 1.55. The SMILES string of the molecule is O=C(Nc1ccc(O)cn1)N[C@H]1CCCN(c2ccc(Cl)cc2)C1. The first-order chi connectivity index (χ1) is 11.6. The normalized spacial score (nSPS) is 17.4. The van der Waals surface area contributed by atoms with Crippen molar-refractivity contribution in [3.63, 3.8) is 0 Å². The predicted octanol–water partition coefficient (Wildman–Crippen LogP) is 3.23. The highest BCUT2D eigenvalue weighted by Crippen LogP contribution is 2.22. The van der Waals surface area contributed by atoms with E-state index >= 15 is 0 Å². The molecule has 1 aliphatic heterocycles. The van der Waals surface area contributed by atoms with Crippen LogP contribution in [0.2, 0.25) is 5.02 Å². The number of rotatable bonds is 3. The molecule has 2 heterocycles. The zero-order valence-corrected chi connectivity index (χ0v) is 13.8. The van der Waals surface area contributed by atoms with Crippen molar-refractivity contribution in [1.29, 1.82) is 0 Å². The summed E-state index contributed by atoms with van der Waals surface area (Å²) in [5.74, 6) is 0.461. The van der Waals surface area contributed by atoms with Crippen LogP contribution in [0.5, 0.6) is 5.75 Å². The smallest absolute Gasteiger partial charge is 0.320 e. The van der Waals surface area contributed by atoms with E-state index in [4.69, 9.17) is 11.6 Å². The lowest BCUT2D eigenvalue weighted by molar-refractivity contribution is 0.246. The molecule has 0 spiro atoms. The van der Waals surface area contributed by atoms with Crippen LogP contribution >= 0.6 is 11.6 Å². The average molecular weight is 347 g/mol. The third-order valence-corrected chi connectivity index (χ3v) is 4.19. The molecule has 0 unspecified atom stereocenters. The number of benzene rings is 1. The van der Waals surface area contributed by atoms with E-state index in [0.29, 0.717) is 10.8 Å². The predicted molar refractivity (Wildman–Crippen MR) is 94.7 cm³/mol. The molecule has 126 valence electrons. The molecule has 0 saturated carbocycles. The molecule has 7 heteroatoms. The van der Waals surface area contributed by atoms with Gasteiger partial charge in [0.1, 0.15) is 11.6 Å². The number of pyridine rings is 1. The molecule has 1 atom stereocenters. The quantitative estimate of drug-likeness (QED) is 0.797. The second kappa shape index (κ2) is 7.40. The number of hydrogen-bond donors (Lipinski definition) is 3. The summed E-state index contributed by atoms with van der Waals surface area (Å²) in [6.45, 7) is 1.71. The molecule has 2 aromatic rings. The fraction of sp³-hybridized carbons (Fsp3) is 0.294. The molecule has 3 rings (SSSR count). The van der Waals surface area contributed by atoms with Crippen LogP contribution in [-0.4, -0.2) is 35.3 Å². The third-order valence-electron chi connectivity index (χ3n) is 3.94. The Kier molecular flexibility index (Phi) is 5.05. The first-order valence-corrected chi connectivity index (χ1v) is 8.21. The standard InChI is InChI=1S/C17H19ClN4O2/c18-12-3-5-14(6-4-12)22-9-1-2-13(11-22)20-17(24)21-16-8-7-15(23)10-19-16/h3-8,10,13,23H,1-2,9,11H2,(H2,19,20,21,24)/t13-/m0/s1. The number of amides is 2. The number of halogens is 1. The maximum absolute atomic E-state index is 12.1. The summed E-state index contributed by atoms with van der Waals surface area (Å²) >= 11 is 5.93. The van der Waals surface area contributed by atoms with Crippen molar-refractivity contribution in [3.05, 3.63) is 47.6 Å². The van der Waals surface area contributed by atoms with E-state index in [0.717, 1.165) is 31.6 Å². The number of carbonyl (C=O) groups excluding carboxylic acids is 1. The highest BCUT2D eigenvalue weighted by atomic mass is 35.5. The molecule has 0 aliphatic carbocycles. The summed E-state index contributed by atoms with van der Waals surface area (Å²) in [6, 6.07) is 10.5. The average Bonchev–Trinajstić information content (AvgIpc) is 2.58. The Morgan fingerprint density at radius 2 is 2.04 bits per heavy atom. The van der Waals surface area contributed by atoms with E-state index in [-0.39, 0.29) is 17.8 Å². The van der Waals surface area contributed by atoms with Crippen LogP contribution < -0.4 is 15.5 Å². The van der Waals surface area contributed by atoms with Gasteiger partial charge < -0.3 is 15.3 Å². The zero-order valence-electron chi connectivity index (χ0n) is 13.1. The number of hydrogen-bond acceptors (Lipinski definition) is 4. The van der Waals surface area contributed by atoms with Gasteiger partial charge in [-0.25, -0.2) is 9.78 Å². The number of aromatic hydroxyl groups is 1. The highest BCUT2D eigenvalue weighted by Gasteiger charge is 2.21. The molecule has 1 aliphatic rings. The lowest BCUT2D eigenvalue weighted by atomic mass is 10.1. The molecule has 1 aromatic carbocycles. The summed E-state index contributed by atoms with van der Waals surface area (Å²) in [7, 11) is 0. The van der Waals surface area contributed by atoms with Gasteiger partial charge in [0, 0.05) is 29.8 Å². The number of urea groups is 1. The Morgan fingerprint density at radius 1 is 1.25 bits per heavy atom. The minimum absolute atomic E-state index is 0.0616. The van der Waals surface area contributed by atoms with Crippen LogP contribution in [0.4, 0.5) is 16.3 Å². The molecule has 2 amide bonds. The van der Waals surface area contributed by atoms with Crippen molar-refractivity contribution in [1.82, 2.24) is 10.3 Å². The van der Waals surface area contributed by atoms with Crippen molar-refractivity contribution >= 4 is 29.1 Å². The van der Waals surface area contributed by atoms with E-state index in [1.165, 1.54) is 12.3 Å². The Bertz CT molecular complexity index is 691. The fourth-order valence-corrected chi connectivity index (χ4v) is 2.91. The van der Waals surface area contributed by atoms with E-state index in [2.05, 4.69) is 20.5 Å². The maximum atomic E-state index is 12.1. The van der Waals surface area contributed by atoms with Gasteiger partial charge in [-0.3, -0.25) is 5.32 Å². The van der Waals surface area contributed by atoms with Crippen LogP contribution in [0.25, 0.3) is 0 Å². The molecular weight excluding hydrogens is 328 g/mol. The van der Waals surface area contributed by atoms with Crippen molar-refractivity contribution in [3.8, 4) is 5.75 Å². The first-order valence-electron chi connectivity index (χ1n) is 7.83. The molecular formula is C17H19ClN4O2. The molecule has 1 saturated heterocycles. The van der Waals surface area contributed by atoms with Crippen LogP contribution in [0, 0.1) is 0 Å². The lowest BCUT2D eigenvalue weighted by Gasteiger charge is -2.34.